The van der Waals surface area contributed by atoms with Gasteiger partial charge in [-0.25, -0.2) is 9.97 Å². The van der Waals surface area contributed by atoms with E-state index in [-0.39, 0.29) is 6.10 Å². The van der Waals surface area contributed by atoms with Gasteiger partial charge in [0.25, 0.3) is 0 Å². The third kappa shape index (κ3) is 2.18. The monoisotopic (exact) mass is 209 g/mol. The van der Waals surface area contributed by atoms with Crippen LogP contribution >= 0.6 is 0 Å². The highest BCUT2D eigenvalue weighted by Gasteiger charge is 2.22. The quantitative estimate of drug-likeness (QED) is 0.801. The average molecular weight is 209 g/mol. The number of anilines is 1. The standard InChI is InChI=1S/C10H15N3O2/c1-3-11-9-7(2)10(13-6-12-9)15-8-4-14-5-8/h6,8H,3-5H2,1-2H3,(H,11,12,13). The number of ether oxygens (including phenoxy) is 2. The van der Waals surface area contributed by atoms with Gasteiger partial charge in [-0.1, -0.05) is 0 Å². The lowest BCUT2D eigenvalue weighted by molar-refractivity contribution is -0.0816. The highest BCUT2D eigenvalue weighted by atomic mass is 16.6. The van der Waals surface area contributed by atoms with E-state index in [2.05, 4.69) is 15.3 Å². The van der Waals surface area contributed by atoms with Crippen molar-refractivity contribution in [2.45, 2.75) is 20.0 Å². The van der Waals surface area contributed by atoms with Crippen LogP contribution in [0.3, 0.4) is 0 Å². The summed E-state index contributed by atoms with van der Waals surface area (Å²) in [5, 5.41) is 3.16. The number of aromatic nitrogens is 2. The van der Waals surface area contributed by atoms with Crippen molar-refractivity contribution in [3.63, 3.8) is 0 Å². The second-order valence-electron chi connectivity index (χ2n) is 3.46. The first kappa shape index (κ1) is 10.2. The molecule has 1 fully saturated rings. The number of hydrogen-bond donors (Lipinski definition) is 1. The minimum atomic E-state index is 0.146. The van der Waals surface area contributed by atoms with Crippen LogP contribution in [-0.4, -0.2) is 35.8 Å². The van der Waals surface area contributed by atoms with Crippen molar-refractivity contribution in [3.8, 4) is 5.88 Å². The van der Waals surface area contributed by atoms with E-state index >= 15 is 0 Å². The minimum absolute atomic E-state index is 0.146. The van der Waals surface area contributed by atoms with E-state index in [0.717, 1.165) is 17.9 Å². The van der Waals surface area contributed by atoms with Crippen molar-refractivity contribution in [2.75, 3.05) is 25.1 Å². The summed E-state index contributed by atoms with van der Waals surface area (Å²) in [6.45, 7) is 6.12. The van der Waals surface area contributed by atoms with Gasteiger partial charge < -0.3 is 14.8 Å². The van der Waals surface area contributed by atoms with Crippen molar-refractivity contribution < 1.29 is 9.47 Å². The first-order valence-corrected chi connectivity index (χ1v) is 5.11. The summed E-state index contributed by atoms with van der Waals surface area (Å²) in [5.41, 5.74) is 0.950. The molecule has 2 heterocycles. The lowest BCUT2D eigenvalue weighted by atomic mass is 10.3. The molecule has 1 aliphatic heterocycles. The Bertz CT molecular complexity index is 339. The van der Waals surface area contributed by atoms with Crippen molar-refractivity contribution in [2.24, 2.45) is 0 Å². The Morgan fingerprint density at radius 3 is 2.93 bits per heavy atom. The predicted octanol–water partition coefficient (Wildman–Crippen LogP) is 0.994. The summed E-state index contributed by atoms with van der Waals surface area (Å²) in [6, 6.07) is 0. The van der Waals surface area contributed by atoms with Crippen LogP contribution < -0.4 is 10.1 Å². The molecule has 0 aliphatic carbocycles. The maximum Gasteiger partial charge on any atom is 0.221 e. The lowest BCUT2D eigenvalue weighted by Crippen LogP contribution is -2.39. The zero-order valence-electron chi connectivity index (χ0n) is 8.99. The summed E-state index contributed by atoms with van der Waals surface area (Å²) in [4.78, 5) is 8.26. The predicted molar refractivity (Wildman–Crippen MR) is 56.2 cm³/mol. The second-order valence-corrected chi connectivity index (χ2v) is 3.46. The van der Waals surface area contributed by atoms with Gasteiger partial charge in [0.2, 0.25) is 5.88 Å². The van der Waals surface area contributed by atoms with Crippen LogP contribution in [-0.2, 0) is 4.74 Å². The fourth-order valence-corrected chi connectivity index (χ4v) is 1.34. The summed E-state index contributed by atoms with van der Waals surface area (Å²) in [6.07, 6.45) is 1.66. The third-order valence-corrected chi connectivity index (χ3v) is 2.27. The third-order valence-electron chi connectivity index (χ3n) is 2.27. The van der Waals surface area contributed by atoms with Crippen molar-refractivity contribution in [3.05, 3.63) is 11.9 Å². The summed E-state index contributed by atoms with van der Waals surface area (Å²) < 4.78 is 10.7. The average Bonchev–Trinajstić information content (AvgIpc) is 2.17. The fourth-order valence-electron chi connectivity index (χ4n) is 1.34. The van der Waals surface area contributed by atoms with E-state index < -0.39 is 0 Å². The van der Waals surface area contributed by atoms with E-state index in [1.54, 1.807) is 0 Å². The van der Waals surface area contributed by atoms with E-state index in [1.807, 2.05) is 13.8 Å². The van der Waals surface area contributed by atoms with Crippen LogP contribution in [0.4, 0.5) is 5.82 Å². The highest BCUT2D eigenvalue weighted by molar-refractivity contribution is 5.47. The summed E-state index contributed by atoms with van der Waals surface area (Å²) >= 11 is 0. The molecule has 0 amide bonds. The van der Waals surface area contributed by atoms with Crippen LogP contribution in [0.15, 0.2) is 6.33 Å². The Hall–Kier alpha value is -1.36. The molecule has 1 aliphatic rings. The molecule has 15 heavy (non-hydrogen) atoms. The molecule has 82 valence electrons. The molecule has 1 saturated heterocycles. The Morgan fingerprint density at radius 2 is 2.33 bits per heavy atom. The molecule has 0 atom stereocenters. The maximum absolute atomic E-state index is 5.65. The molecule has 0 unspecified atom stereocenters. The molecule has 0 spiro atoms. The number of rotatable bonds is 4. The Kier molecular flexibility index (Phi) is 3.01. The molecule has 1 aromatic rings. The van der Waals surface area contributed by atoms with E-state index in [0.29, 0.717) is 19.1 Å². The maximum atomic E-state index is 5.65. The topological polar surface area (TPSA) is 56.3 Å². The van der Waals surface area contributed by atoms with Crippen LogP contribution in [0.1, 0.15) is 12.5 Å². The first-order chi connectivity index (χ1) is 7.31. The second kappa shape index (κ2) is 4.44. The van der Waals surface area contributed by atoms with Crippen molar-refractivity contribution in [1.82, 2.24) is 9.97 Å². The Labute approximate surface area is 88.8 Å². The van der Waals surface area contributed by atoms with Gasteiger partial charge in [-0.2, -0.15) is 0 Å². The van der Waals surface area contributed by atoms with Crippen LogP contribution in [0, 0.1) is 6.92 Å². The fraction of sp³-hybridized carbons (Fsp3) is 0.600. The molecular weight excluding hydrogens is 194 g/mol. The van der Waals surface area contributed by atoms with Gasteiger partial charge in [0.05, 0.1) is 18.8 Å². The zero-order valence-corrected chi connectivity index (χ0v) is 8.99. The van der Waals surface area contributed by atoms with Crippen molar-refractivity contribution in [1.29, 1.82) is 0 Å². The minimum Gasteiger partial charge on any atom is -0.469 e. The molecule has 1 N–H and O–H groups in total. The molecule has 0 aromatic carbocycles. The van der Waals surface area contributed by atoms with Gasteiger partial charge in [0, 0.05) is 6.54 Å². The smallest absolute Gasteiger partial charge is 0.221 e. The van der Waals surface area contributed by atoms with Crippen LogP contribution in [0.25, 0.3) is 0 Å². The summed E-state index contributed by atoms with van der Waals surface area (Å²) in [5.74, 6) is 1.48. The molecular formula is C10H15N3O2. The largest absolute Gasteiger partial charge is 0.469 e. The molecule has 1 aromatic heterocycles. The molecule has 0 saturated carbocycles. The summed E-state index contributed by atoms with van der Waals surface area (Å²) in [7, 11) is 0. The number of hydrogen-bond acceptors (Lipinski definition) is 5. The van der Waals surface area contributed by atoms with Gasteiger partial charge in [-0.15, -0.1) is 0 Å². The van der Waals surface area contributed by atoms with Gasteiger partial charge >= 0.3 is 0 Å². The molecule has 5 nitrogen and oxygen atoms in total. The zero-order chi connectivity index (χ0) is 10.7. The molecule has 2 rings (SSSR count). The Balaban J connectivity index is 2.11. The van der Waals surface area contributed by atoms with Gasteiger partial charge in [0.1, 0.15) is 18.2 Å². The van der Waals surface area contributed by atoms with E-state index in [4.69, 9.17) is 9.47 Å². The SMILES string of the molecule is CCNc1ncnc(OC2COC2)c1C. The lowest BCUT2D eigenvalue weighted by Gasteiger charge is -2.26. The molecule has 0 radical (unpaired) electrons. The molecule has 5 heteroatoms. The van der Waals surface area contributed by atoms with Crippen molar-refractivity contribution >= 4 is 5.82 Å². The first-order valence-electron chi connectivity index (χ1n) is 5.11. The highest BCUT2D eigenvalue weighted by Crippen LogP contribution is 2.22. The van der Waals surface area contributed by atoms with E-state index in [9.17, 15) is 0 Å². The number of nitrogens with zero attached hydrogens (tertiary/aromatic N) is 2. The van der Waals surface area contributed by atoms with E-state index in [1.165, 1.54) is 6.33 Å². The van der Waals surface area contributed by atoms with Gasteiger partial charge in [0.15, 0.2) is 0 Å². The number of nitrogens with one attached hydrogen (secondary N) is 1. The van der Waals surface area contributed by atoms with Gasteiger partial charge in [-0.05, 0) is 13.8 Å². The van der Waals surface area contributed by atoms with Gasteiger partial charge in [-0.3, -0.25) is 0 Å². The Morgan fingerprint density at radius 1 is 1.53 bits per heavy atom. The normalized spacial score (nSPS) is 15.9. The molecule has 0 bridgehead atoms. The van der Waals surface area contributed by atoms with Crippen LogP contribution in [0.5, 0.6) is 5.88 Å². The van der Waals surface area contributed by atoms with Crippen LogP contribution in [0.2, 0.25) is 0 Å².